The van der Waals surface area contributed by atoms with Gasteiger partial charge < -0.3 is 10.4 Å². The summed E-state index contributed by atoms with van der Waals surface area (Å²) in [5.74, 6) is 1.91. The van der Waals surface area contributed by atoms with Crippen LogP contribution in [-0.4, -0.2) is 35.2 Å². The zero-order valence-corrected chi connectivity index (χ0v) is 14.1. The predicted molar refractivity (Wildman–Crippen MR) is 93.0 cm³/mol. The van der Waals surface area contributed by atoms with E-state index in [9.17, 15) is 5.11 Å². The molecule has 2 N–H and O–H groups in total. The first-order chi connectivity index (χ1) is 11.3. The molecule has 3 fully saturated rings. The number of rotatable bonds is 7. The predicted octanol–water partition coefficient (Wildman–Crippen LogP) is 2.92. The fourth-order valence-electron chi connectivity index (χ4n) is 4.06. The van der Waals surface area contributed by atoms with E-state index in [-0.39, 0.29) is 6.10 Å². The van der Waals surface area contributed by atoms with Crippen molar-refractivity contribution in [2.75, 3.05) is 13.1 Å². The van der Waals surface area contributed by atoms with Gasteiger partial charge in [0, 0.05) is 32.2 Å². The van der Waals surface area contributed by atoms with Gasteiger partial charge in [-0.15, -0.1) is 0 Å². The summed E-state index contributed by atoms with van der Waals surface area (Å²) in [5, 5.41) is 13.6. The quantitative estimate of drug-likeness (QED) is 0.812. The van der Waals surface area contributed by atoms with Crippen molar-refractivity contribution in [2.24, 2.45) is 11.8 Å². The highest BCUT2D eigenvalue weighted by molar-refractivity contribution is 5.27. The van der Waals surface area contributed by atoms with E-state index in [1.54, 1.807) is 0 Å². The van der Waals surface area contributed by atoms with Crippen molar-refractivity contribution >= 4 is 0 Å². The van der Waals surface area contributed by atoms with E-state index in [1.165, 1.54) is 36.8 Å². The number of piperidine rings is 1. The Morgan fingerprint density at radius 3 is 2.17 bits per heavy atom. The van der Waals surface area contributed by atoms with Crippen molar-refractivity contribution in [3.05, 3.63) is 35.4 Å². The number of aliphatic hydroxyl groups is 1. The van der Waals surface area contributed by atoms with E-state index in [4.69, 9.17) is 0 Å². The number of aliphatic hydroxyl groups excluding tert-OH is 1. The highest BCUT2D eigenvalue weighted by atomic mass is 16.3. The Morgan fingerprint density at radius 2 is 1.57 bits per heavy atom. The normalized spacial score (nSPS) is 23.6. The van der Waals surface area contributed by atoms with E-state index in [0.717, 1.165) is 56.9 Å². The molecule has 2 aliphatic carbocycles. The lowest BCUT2D eigenvalue weighted by molar-refractivity contribution is 0.0791. The van der Waals surface area contributed by atoms with E-state index in [1.807, 2.05) is 0 Å². The van der Waals surface area contributed by atoms with Crippen molar-refractivity contribution in [1.82, 2.24) is 10.2 Å². The van der Waals surface area contributed by atoms with Gasteiger partial charge in [0.1, 0.15) is 0 Å². The Labute approximate surface area is 140 Å². The van der Waals surface area contributed by atoms with Crippen LogP contribution in [-0.2, 0) is 13.1 Å². The number of likely N-dealkylation sites (tertiary alicyclic amines) is 1. The molecule has 3 aliphatic rings. The van der Waals surface area contributed by atoms with Crippen LogP contribution in [0.15, 0.2) is 24.3 Å². The number of hydrogen-bond acceptors (Lipinski definition) is 3. The second kappa shape index (κ2) is 6.92. The first-order valence-electron chi connectivity index (χ1n) is 9.50. The summed E-state index contributed by atoms with van der Waals surface area (Å²) in [6, 6.07) is 9.68. The first-order valence-corrected chi connectivity index (χ1v) is 9.50. The molecule has 0 bridgehead atoms. The molecule has 0 spiro atoms. The second-order valence-corrected chi connectivity index (χ2v) is 7.86. The third-order valence-electron chi connectivity index (χ3n) is 5.86. The molecule has 0 amide bonds. The van der Waals surface area contributed by atoms with Crippen LogP contribution >= 0.6 is 0 Å². The third kappa shape index (κ3) is 4.14. The van der Waals surface area contributed by atoms with E-state index in [0.29, 0.717) is 0 Å². The summed E-state index contributed by atoms with van der Waals surface area (Å²) in [5.41, 5.74) is 2.92. The van der Waals surface area contributed by atoms with Gasteiger partial charge >= 0.3 is 0 Å². The van der Waals surface area contributed by atoms with Crippen LogP contribution in [0.25, 0.3) is 0 Å². The Bertz CT molecular complexity index is 504. The molecule has 1 saturated heterocycles. The molecule has 1 heterocycles. The number of nitrogens with one attached hydrogen (secondary N) is 1. The summed E-state index contributed by atoms with van der Waals surface area (Å²) in [6.45, 7) is 4.10. The molecule has 3 heteroatoms. The van der Waals surface area contributed by atoms with Crippen LogP contribution < -0.4 is 5.32 Å². The van der Waals surface area contributed by atoms with Crippen LogP contribution in [0.3, 0.4) is 0 Å². The number of nitrogens with zero attached hydrogens (tertiary/aromatic N) is 1. The van der Waals surface area contributed by atoms with Gasteiger partial charge in [0.25, 0.3) is 0 Å². The van der Waals surface area contributed by atoms with E-state index >= 15 is 0 Å². The molecule has 4 rings (SSSR count). The van der Waals surface area contributed by atoms with E-state index in [2.05, 4.69) is 34.5 Å². The van der Waals surface area contributed by atoms with Gasteiger partial charge in [0.15, 0.2) is 0 Å². The zero-order chi connectivity index (χ0) is 15.6. The van der Waals surface area contributed by atoms with Gasteiger partial charge in [-0.2, -0.15) is 0 Å². The lowest BCUT2D eigenvalue weighted by Gasteiger charge is -2.30. The topological polar surface area (TPSA) is 35.5 Å². The average Bonchev–Trinajstić information content (AvgIpc) is 3.45. The minimum atomic E-state index is -0.0824. The Kier molecular flexibility index (Phi) is 4.70. The highest BCUT2D eigenvalue weighted by Gasteiger charge is 2.40. The molecular weight excluding hydrogens is 284 g/mol. The molecule has 0 aromatic heterocycles. The molecule has 2 saturated carbocycles. The molecular formula is C20H30N2O. The zero-order valence-electron chi connectivity index (χ0n) is 14.1. The molecule has 1 aromatic carbocycles. The monoisotopic (exact) mass is 314 g/mol. The summed E-state index contributed by atoms with van der Waals surface area (Å²) in [7, 11) is 0. The Balaban J connectivity index is 1.36. The van der Waals surface area contributed by atoms with Gasteiger partial charge in [-0.25, -0.2) is 0 Å². The smallest absolute Gasteiger partial charge is 0.0564 e. The van der Waals surface area contributed by atoms with Crippen molar-refractivity contribution in [2.45, 2.75) is 63.8 Å². The molecule has 0 unspecified atom stereocenters. The molecule has 3 nitrogen and oxygen atoms in total. The molecule has 1 aliphatic heterocycles. The Morgan fingerprint density at radius 1 is 0.957 bits per heavy atom. The molecule has 23 heavy (non-hydrogen) atoms. The number of hydrogen-bond donors (Lipinski definition) is 2. The number of benzene rings is 1. The summed E-state index contributed by atoms with van der Waals surface area (Å²) < 4.78 is 0. The highest BCUT2D eigenvalue weighted by Crippen LogP contribution is 2.44. The van der Waals surface area contributed by atoms with Crippen LogP contribution in [0, 0.1) is 11.8 Å². The SMILES string of the molecule is OC1CCN(Cc2ccccc2CNC(C2CC2)C2CC2)CC1. The molecule has 0 atom stereocenters. The fraction of sp³-hybridized carbons (Fsp3) is 0.700. The van der Waals surface area contributed by atoms with E-state index < -0.39 is 0 Å². The van der Waals surface area contributed by atoms with Gasteiger partial charge in [-0.1, -0.05) is 24.3 Å². The maximum atomic E-state index is 9.67. The minimum Gasteiger partial charge on any atom is -0.393 e. The van der Waals surface area contributed by atoms with Gasteiger partial charge in [-0.3, -0.25) is 4.90 Å². The molecule has 126 valence electrons. The maximum Gasteiger partial charge on any atom is 0.0564 e. The maximum absolute atomic E-state index is 9.67. The average molecular weight is 314 g/mol. The van der Waals surface area contributed by atoms with Gasteiger partial charge in [0.05, 0.1) is 6.10 Å². The second-order valence-electron chi connectivity index (χ2n) is 7.86. The fourth-order valence-corrected chi connectivity index (χ4v) is 4.06. The van der Waals surface area contributed by atoms with Crippen LogP contribution in [0.4, 0.5) is 0 Å². The lowest BCUT2D eigenvalue weighted by atomic mass is 10.0. The standard InChI is InChI=1S/C20H30N2O/c23-19-9-11-22(12-10-19)14-18-4-2-1-3-17(18)13-21-20(15-5-6-15)16-7-8-16/h1-4,15-16,19-21,23H,5-14H2. The lowest BCUT2D eigenvalue weighted by Crippen LogP contribution is -2.36. The Hall–Kier alpha value is -0.900. The largest absolute Gasteiger partial charge is 0.393 e. The van der Waals surface area contributed by atoms with Crippen molar-refractivity contribution in [3.63, 3.8) is 0 Å². The minimum absolute atomic E-state index is 0.0824. The van der Waals surface area contributed by atoms with Crippen molar-refractivity contribution in [1.29, 1.82) is 0 Å². The van der Waals surface area contributed by atoms with Crippen LogP contribution in [0.2, 0.25) is 0 Å². The summed E-state index contributed by atoms with van der Waals surface area (Å²) >= 11 is 0. The summed E-state index contributed by atoms with van der Waals surface area (Å²) in [6.07, 6.45) is 7.51. The first kappa shape index (κ1) is 15.6. The van der Waals surface area contributed by atoms with Gasteiger partial charge in [0.2, 0.25) is 0 Å². The molecule has 0 radical (unpaired) electrons. The van der Waals surface area contributed by atoms with Crippen LogP contribution in [0.1, 0.15) is 49.7 Å². The summed E-state index contributed by atoms with van der Waals surface area (Å²) in [4.78, 5) is 2.49. The van der Waals surface area contributed by atoms with Crippen LogP contribution in [0.5, 0.6) is 0 Å². The third-order valence-corrected chi connectivity index (χ3v) is 5.86. The van der Waals surface area contributed by atoms with Gasteiger partial charge in [-0.05, 0) is 61.5 Å². The molecule has 1 aromatic rings. The van der Waals surface area contributed by atoms with Crippen molar-refractivity contribution < 1.29 is 5.11 Å². The van der Waals surface area contributed by atoms with Crippen molar-refractivity contribution in [3.8, 4) is 0 Å².